The zero-order valence-electron chi connectivity index (χ0n) is 14.4. The van der Waals surface area contributed by atoms with E-state index in [9.17, 15) is 13.2 Å². The first kappa shape index (κ1) is 18.1. The molecule has 0 radical (unpaired) electrons. The minimum atomic E-state index is -3.54. The lowest BCUT2D eigenvalue weighted by molar-refractivity contribution is 0.0954. The van der Waals surface area contributed by atoms with Crippen molar-refractivity contribution in [1.29, 1.82) is 0 Å². The number of fused-ring (bicyclic) bond motifs is 1. The van der Waals surface area contributed by atoms with Crippen LogP contribution in [0, 0.1) is 0 Å². The van der Waals surface area contributed by atoms with E-state index in [2.05, 4.69) is 5.32 Å². The number of rotatable bonds is 5. The molecule has 134 valence electrons. The lowest BCUT2D eigenvalue weighted by Gasteiger charge is -2.15. The molecule has 1 aromatic heterocycles. The molecule has 0 spiro atoms. The Hall–Kier alpha value is -1.70. The SMILES string of the molecule is CN(C)S(=O)(=O)c1ccccc1CNC(=O)c1cc2c(s1)CCCC2. The summed E-state index contributed by atoms with van der Waals surface area (Å²) in [6.07, 6.45) is 4.46. The van der Waals surface area contributed by atoms with Gasteiger partial charge in [-0.15, -0.1) is 11.3 Å². The Bertz CT molecular complexity index is 862. The van der Waals surface area contributed by atoms with Crippen molar-refractivity contribution in [3.63, 3.8) is 0 Å². The predicted molar refractivity (Wildman–Crippen MR) is 99.4 cm³/mol. The summed E-state index contributed by atoms with van der Waals surface area (Å²) >= 11 is 1.55. The molecule has 0 saturated carbocycles. The van der Waals surface area contributed by atoms with Gasteiger partial charge in [-0.1, -0.05) is 18.2 Å². The average molecular weight is 379 g/mol. The lowest BCUT2D eigenvalue weighted by Crippen LogP contribution is -2.26. The lowest BCUT2D eigenvalue weighted by atomic mass is 9.99. The Morgan fingerprint density at radius 3 is 2.64 bits per heavy atom. The number of sulfonamides is 1. The highest BCUT2D eigenvalue weighted by molar-refractivity contribution is 7.89. The van der Waals surface area contributed by atoms with Gasteiger partial charge in [0, 0.05) is 25.5 Å². The third-order valence-electron chi connectivity index (χ3n) is 4.39. The van der Waals surface area contributed by atoms with E-state index in [1.54, 1.807) is 35.6 Å². The average Bonchev–Trinajstić information content (AvgIpc) is 3.04. The first-order valence-electron chi connectivity index (χ1n) is 8.30. The minimum absolute atomic E-state index is 0.142. The Balaban J connectivity index is 1.76. The number of nitrogens with zero attached hydrogens (tertiary/aromatic N) is 1. The number of carbonyl (C=O) groups is 1. The van der Waals surface area contributed by atoms with E-state index in [-0.39, 0.29) is 17.3 Å². The van der Waals surface area contributed by atoms with E-state index >= 15 is 0 Å². The van der Waals surface area contributed by atoms with E-state index in [0.29, 0.717) is 10.4 Å². The van der Waals surface area contributed by atoms with Crippen LogP contribution in [0.2, 0.25) is 0 Å². The molecular formula is C18H22N2O3S2. The third kappa shape index (κ3) is 3.78. The van der Waals surface area contributed by atoms with Crippen LogP contribution in [0.15, 0.2) is 35.2 Å². The fourth-order valence-corrected chi connectivity index (χ4v) is 5.25. The summed E-state index contributed by atoms with van der Waals surface area (Å²) in [5, 5.41) is 2.86. The number of thiophene rings is 1. The van der Waals surface area contributed by atoms with Gasteiger partial charge in [-0.2, -0.15) is 0 Å². The molecule has 0 unspecified atom stereocenters. The maximum atomic E-state index is 12.5. The largest absolute Gasteiger partial charge is 0.347 e. The highest BCUT2D eigenvalue weighted by atomic mass is 32.2. The van der Waals surface area contributed by atoms with Gasteiger partial charge in [0.2, 0.25) is 10.0 Å². The molecule has 1 aliphatic carbocycles. The summed E-state index contributed by atoms with van der Waals surface area (Å²) in [6, 6.07) is 8.75. The maximum absolute atomic E-state index is 12.5. The van der Waals surface area contributed by atoms with E-state index in [1.807, 2.05) is 6.07 Å². The molecule has 1 aromatic carbocycles. The molecule has 0 aliphatic heterocycles. The van der Waals surface area contributed by atoms with Crippen molar-refractivity contribution in [2.45, 2.75) is 37.1 Å². The van der Waals surface area contributed by atoms with Crippen molar-refractivity contribution in [2.24, 2.45) is 0 Å². The van der Waals surface area contributed by atoms with Crippen LogP contribution in [-0.2, 0) is 29.4 Å². The standard InChI is InChI=1S/C18H22N2O3S2/c1-20(2)25(22,23)17-10-6-4-8-14(17)12-19-18(21)16-11-13-7-3-5-9-15(13)24-16/h4,6,8,10-11H,3,5,7,9,12H2,1-2H3,(H,19,21). The van der Waals surface area contributed by atoms with Gasteiger partial charge in [0.05, 0.1) is 9.77 Å². The molecule has 5 nitrogen and oxygen atoms in total. The van der Waals surface area contributed by atoms with E-state index < -0.39 is 10.0 Å². The van der Waals surface area contributed by atoms with Gasteiger partial charge in [-0.3, -0.25) is 4.79 Å². The van der Waals surface area contributed by atoms with Crippen molar-refractivity contribution in [2.75, 3.05) is 14.1 Å². The smallest absolute Gasteiger partial charge is 0.261 e. The van der Waals surface area contributed by atoms with E-state index in [0.717, 1.165) is 12.8 Å². The second-order valence-electron chi connectivity index (χ2n) is 6.34. The molecule has 0 atom stereocenters. The van der Waals surface area contributed by atoms with Crippen LogP contribution in [0.25, 0.3) is 0 Å². The van der Waals surface area contributed by atoms with Crippen LogP contribution in [0.3, 0.4) is 0 Å². The Labute approximate surface area is 152 Å². The second kappa shape index (κ2) is 7.27. The Morgan fingerprint density at radius 1 is 1.20 bits per heavy atom. The number of benzene rings is 1. The van der Waals surface area contributed by atoms with Crippen molar-refractivity contribution in [3.8, 4) is 0 Å². The van der Waals surface area contributed by atoms with E-state index in [4.69, 9.17) is 0 Å². The highest BCUT2D eigenvalue weighted by Gasteiger charge is 2.22. The van der Waals surface area contributed by atoms with Crippen LogP contribution in [0.5, 0.6) is 0 Å². The van der Waals surface area contributed by atoms with Crippen LogP contribution in [0.4, 0.5) is 0 Å². The highest BCUT2D eigenvalue weighted by Crippen LogP contribution is 2.29. The number of amides is 1. The summed E-state index contributed by atoms with van der Waals surface area (Å²) in [7, 11) is -0.536. The summed E-state index contributed by atoms with van der Waals surface area (Å²) in [4.78, 5) is 14.7. The number of carbonyl (C=O) groups excluding carboxylic acids is 1. The number of nitrogens with one attached hydrogen (secondary N) is 1. The van der Waals surface area contributed by atoms with Gasteiger partial charge in [0.1, 0.15) is 0 Å². The maximum Gasteiger partial charge on any atom is 0.261 e. The quantitative estimate of drug-likeness (QED) is 0.870. The van der Waals surface area contributed by atoms with Gasteiger partial charge >= 0.3 is 0 Å². The molecular weight excluding hydrogens is 356 g/mol. The molecule has 1 aliphatic rings. The van der Waals surface area contributed by atoms with Crippen molar-refractivity contribution >= 4 is 27.3 Å². The second-order valence-corrected chi connectivity index (χ2v) is 9.60. The summed E-state index contributed by atoms with van der Waals surface area (Å²) < 4.78 is 26.0. The monoisotopic (exact) mass is 378 g/mol. The zero-order valence-corrected chi connectivity index (χ0v) is 16.0. The Kier molecular flexibility index (Phi) is 5.27. The first-order valence-corrected chi connectivity index (χ1v) is 10.6. The molecule has 25 heavy (non-hydrogen) atoms. The molecule has 1 N–H and O–H groups in total. The van der Waals surface area contributed by atoms with Gasteiger partial charge in [0.15, 0.2) is 0 Å². The molecule has 1 heterocycles. The van der Waals surface area contributed by atoms with Crippen molar-refractivity contribution in [3.05, 3.63) is 51.2 Å². The first-order chi connectivity index (χ1) is 11.9. The fourth-order valence-electron chi connectivity index (χ4n) is 2.96. The van der Waals surface area contributed by atoms with Crippen LogP contribution < -0.4 is 5.32 Å². The summed E-state index contributed by atoms with van der Waals surface area (Å²) in [5.74, 6) is -0.142. The molecule has 0 fully saturated rings. The molecule has 7 heteroatoms. The number of hydrogen-bond acceptors (Lipinski definition) is 4. The van der Waals surface area contributed by atoms with Crippen molar-refractivity contribution in [1.82, 2.24) is 9.62 Å². The Morgan fingerprint density at radius 2 is 1.92 bits per heavy atom. The third-order valence-corrected chi connectivity index (χ3v) is 7.54. The van der Waals surface area contributed by atoms with Gasteiger partial charge in [0.25, 0.3) is 5.91 Å². The molecule has 1 amide bonds. The molecule has 0 saturated heterocycles. The van der Waals surface area contributed by atoms with Crippen LogP contribution >= 0.6 is 11.3 Å². The summed E-state index contributed by atoms with van der Waals surface area (Å²) in [6.45, 7) is 0.185. The molecule has 2 aromatic rings. The zero-order chi connectivity index (χ0) is 18.0. The van der Waals surface area contributed by atoms with Crippen LogP contribution in [0.1, 0.15) is 38.5 Å². The number of aryl methyl sites for hydroxylation is 2. The van der Waals surface area contributed by atoms with Crippen molar-refractivity contribution < 1.29 is 13.2 Å². The summed E-state index contributed by atoms with van der Waals surface area (Å²) in [5.41, 5.74) is 1.88. The van der Waals surface area contributed by atoms with Gasteiger partial charge < -0.3 is 5.32 Å². The van der Waals surface area contributed by atoms with E-state index in [1.165, 1.54) is 41.7 Å². The van der Waals surface area contributed by atoms with Gasteiger partial charge in [-0.05, 0) is 48.9 Å². The number of hydrogen-bond donors (Lipinski definition) is 1. The normalized spacial score (nSPS) is 14.4. The topological polar surface area (TPSA) is 66.5 Å². The fraction of sp³-hybridized carbons (Fsp3) is 0.389. The molecule has 3 rings (SSSR count). The molecule has 0 bridgehead atoms. The van der Waals surface area contributed by atoms with Crippen LogP contribution in [-0.4, -0.2) is 32.7 Å². The predicted octanol–water partition coefficient (Wildman–Crippen LogP) is 2.81. The van der Waals surface area contributed by atoms with Gasteiger partial charge in [-0.25, -0.2) is 12.7 Å². The minimum Gasteiger partial charge on any atom is -0.347 e.